The van der Waals surface area contributed by atoms with Crippen LogP contribution in [0.3, 0.4) is 0 Å². The van der Waals surface area contributed by atoms with Crippen LogP contribution >= 0.6 is 0 Å². The fraction of sp³-hybridized carbons (Fsp3) is 0.636. The molecule has 0 aliphatic carbocycles. The number of hydrogen-bond acceptors (Lipinski definition) is 0. The van der Waals surface area contributed by atoms with Crippen LogP contribution in [0.25, 0.3) is 0 Å². The second-order valence-corrected chi connectivity index (χ2v) is 13.5. The van der Waals surface area contributed by atoms with E-state index >= 15 is 0 Å². The third-order valence-electron chi connectivity index (χ3n) is 2.62. The molecule has 68 valence electrons. The molecule has 0 saturated carbocycles. The number of allylic oxidation sites excluding steroid dienone is 2. The first kappa shape index (κ1) is 11.8. The van der Waals surface area contributed by atoms with Crippen molar-refractivity contribution in [3.05, 3.63) is 12.2 Å². The van der Waals surface area contributed by atoms with E-state index in [1.807, 2.05) is 19.1 Å². The van der Waals surface area contributed by atoms with Gasteiger partial charge in [-0.3, -0.25) is 0 Å². The Bertz CT molecular complexity index is 181. The van der Waals surface area contributed by atoms with Gasteiger partial charge in [0, 0.05) is 0 Å². The monoisotopic (exact) mass is 226 g/mol. The molecular formula is C11H20Ge. The molecule has 0 nitrogen and oxygen atoms in total. The summed E-state index contributed by atoms with van der Waals surface area (Å²) < 4.78 is 3.53. The molecule has 1 heteroatoms. The molecule has 0 atom stereocenters. The van der Waals surface area contributed by atoms with Crippen molar-refractivity contribution in [2.45, 2.75) is 43.5 Å². The van der Waals surface area contributed by atoms with E-state index < -0.39 is 13.3 Å². The van der Waals surface area contributed by atoms with Crippen molar-refractivity contribution in [3.63, 3.8) is 0 Å². The molecule has 0 fully saturated rings. The molecular weight excluding hydrogens is 205 g/mol. The van der Waals surface area contributed by atoms with E-state index in [1.54, 1.807) is 0 Å². The van der Waals surface area contributed by atoms with E-state index in [-0.39, 0.29) is 0 Å². The SMILES string of the molecule is C/C=C/C#[C][Ge]([CH2]C)([CH2]C)[CH2]C. The number of hydrogen-bond donors (Lipinski definition) is 0. The standard InChI is InChI=1S/C11H20Ge/c1-5-9-10-11-12(6-2,7-3)8-4/h5,9H,6-8H2,1-4H3/b9-5+. The van der Waals surface area contributed by atoms with E-state index in [1.165, 1.54) is 15.8 Å². The van der Waals surface area contributed by atoms with Gasteiger partial charge in [-0.2, -0.15) is 0 Å². The van der Waals surface area contributed by atoms with Crippen molar-refractivity contribution in [2.24, 2.45) is 0 Å². The third-order valence-corrected chi connectivity index (χ3v) is 12.6. The Labute approximate surface area is 79.8 Å². The van der Waals surface area contributed by atoms with Crippen LogP contribution in [-0.2, 0) is 0 Å². The van der Waals surface area contributed by atoms with Gasteiger partial charge in [0.25, 0.3) is 0 Å². The topological polar surface area (TPSA) is 0 Å². The fourth-order valence-corrected chi connectivity index (χ4v) is 6.37. The van der Waals surface area contributed by atoms with Gasteiger partial charge in [0.05, 0.1) is 0 Å². The molecule has 0 unspecified atom stereocenters. The summed E-state index contributed by atoms with van der Waals surface area (Å²) in [7, 11) is 0. The molecule has 0 spiro atoms. The van der Waals surface area contributed by atoms with Crippen molar-refractivity contribution in [3.8, 4) is 10.7 Å². The minimum atomic E-state index is -1.67. The van der Waals surface area contributed by atoms with Crippen molar-refractivity contribution < 1.29 is 0 Å². The van der Waals surface area contributed by atoms with Crippen LogP contribution < -0.4 is 0 Å². The maximum atomic E-state index is 3.53. The zero-order valence-electron chi connectivity index (χ0n) is 8.78. The van der Waals surface area contributed by atoms with Gasteiger partial charge in [-0.15, -0.1) is 0 Å². The second kappa shape index (κ2) is 6.37. The molecule has 0 aromatic carbocycles. The first-order valence-corrected chi connectivity index (χ1v) is 10.4. The van der Waals surface area contributed by atoms with Crippen LogP contribution in [-0.4, -0.2) is 13.3 Å². The number of rotatable bonds is 3. The molecule has 0 rings (SSSR count). The van der Waals surface area contributed by atoms with Gasteiger partial charge >= 0.3 is 79.5 Å². The zero-order valence-corrected chi connectivity index (χ0v) is 10.9. The Balaban J connectivity index is 4.42. The maximum absolute atomic E-state index is 3.53. The zero-order chi connectivity index (χ0) is 9.45. The summed E-state index contributed by atoms with van der Waals surface area (Å²) in [5.74, 6) is 3.18. The molecule has 0 aromatic rings. The van der Waals surface area contributed by atoms with Gasteiger partial charge in [-0.1, -0.05) is 0 Å². The molecule has 0 aromatic heterocycles. The van der Waals surface area contributed by atoms with Crippen molar-refractivity contribution in [2.75, 3.05) is 0 Å². The molecule has 12 heavy (non-hydrogen) atoms. The Morgan fingerprint density at radius 1 is 1.08 bits per heavy atom. The Morgan fingerprint density at radius 3 is 1.92 bits per heavy atom. The van der Waals surface area contributed by atoms with Crippen molar-refractivity contribution in [1.82, 2.24) is 0 Å². The van der Waals surface area contributed by atoms with Gasteiger partial charge in [0.15, 0.2) is 0 Å². The molecule has 0 aliphatic rings. The van der Waals surface area contributed by atoms with Crippen LogP contribution in [0, 0.1) is 10.7 Å². The van der Waals surface area contributed by atoms with Crippen LogP contribution in [0.4, 0.5) is 0 Å². The van der Waals surface area contributed by atoms with E-state index in [0.717, 1.165) is 0 Å². The van der Waals surface area contributed by atoms with E-state index in [0.29, 0.717) is 0 Å². The van der Waals surface area contributed by atoms with E-state index in [9.17, 15) is 0 Å². The summed E-state index contributed by atoms with van der Waals surface area (Å²) in [6.07, 6.45) is 3.99. The van der Waals surface area contributed by atoms with Gasteiger partial charge in [-0.25, -0.2) is 0 Å². The van der Waals surface area contributed by atoms with Gasteiger partial charge in [0.2, 0.25) is 0 Å². The summed E-state index contributed by atoms with van der Waals surface area (Å²) in [6, 6.07) is 0. The van der Waals surface area contributed by atoms with Crippen molar-refractivity contribution >= 4 is 13.3 Å². The van der Waals surface area contributed by atoms with Crippen LogP contribution in [0.1, 0.15) is 27.7 Å². The quantitative estimate of drug-likeness (QED) is 0.508. The fourth-order valence-electron chi connectivity index (χ4n) is 1.29. The Kier molecular flexibility index (Phi) is 6.29. The Morgan fingerprint density at radius 2 is 1.58 bits per heavy atom. The average molecular weight is 225 g/mol. The third kappa shape index (κ3) is 3.49. The van der Waals surface area contributed by atoms with E-state index in [4.69, 9.17) is 0 Å². The van der Waals surface area contributed by atoms with Crippen molar-refractivity contribution in [1.29, 1.82) is 0 Å². The molecule has 0 bridgehead atoms. The second-order valence-electron chi connectivity index (χ2n) is 3.11. The normalized spacial score (nSPS) is 11.3. The average Bonchev–Trinajstić information content (AvgIpc) is 2.14. The minimum absolute atomic E-state index is 1.34. The first-order valence-electron chi connectivity index (χ1n) is 4.88. The van der Waals surface area contributed by atoms with Crippen LogP contribution in [0.2, 0.25) is 15.8 Å². The van der Waals surface area contributed by atoms with Gasteiger partial charge < -0.3 is 0 Å². The Hall–Kier alpha value is -0.157. The predicted molar refractivity (Wildman–Crippen MR) is 59.8 cm³/mol. The molecule has 0 N–H and O–H groups in total. The molecule has 0 heterocycles. The molecule has 0 saturated heterocycles. The molecule has 0 radical (unpaired) electrons. The van der Waals surface area contributed by atoms with E-state index in [2.05, 4.69) is 31.4 Å². The van der Waals surface area contributed by atoms with Crippen LogP contribution in [0.15, 0.2) is 12.2 Å². The first-order chi connectivity index (χ1) is 5.74. The summed E-state index contributed by atoms with van der Waals surface area (Å²) >= 11 is -1.67. The summed E-state index contributed by atoms with van der Waals surface area (Å²) in [5.41, 5.74) is 0. The van der Waals surface area contributed by atoms with Gasteiger partial charge in [0.1, 0.15) is 0 Å². The predicted octanol–water partition coefficient (Wildman–Crippen LogP) is 3.61. The summed E-state index contributed by atoms with van der Waals surface area (Å²) in [6.45, 7) is 8.93. The molecule has 0 amide bonds. The molecule has 0 aliphatic heterocycles. The summed E-state index contributed by atoms with van der Waals surface area (Å²) in [5, 5.41) is 4.03. The van der Waals surface area contributed by atoms with Crippen LogP contribution in [0.5, 0.6) is 0 Å². The van der Waals surface area contributed by atoms with Gasteiger partial charge in [-0.05, 0) is 0 Å². The summed E-state index contributed by atoms with van der Waals surface area (Å²) in [4.78, 5) is 0.